The van der Waals surface area contributed by atoms with Crippen molar-refractivity contribution in [3.63, 3.8) is 0 Å². The summed E-state index contributed by atoms with van der Waals surface area (Å²) in [4.78, 5) is 64.6. The van der Waals surface area contributed by atoms with Gasteiger partial charge in [-0.05, 0) is 36.8 Å². The van der Waals surface area contributed by atoms with Crippen molar-refractivity contribution in [1.29, 1.82) is 0 Å². The second kappa shape index (κ2) is 15.4. The minimum Gasteiger partial charge on any atom is -0.755 e. The number of rotatable bonds is 13. The molecule has 0 spiro atoms. The van der Waals surface area contributed by atoms with Crippen molar-refractivity contribution in [2.75, 3.05) is 26.7 Å². The summed E-state index contributed by atoms with van der Waals surface area (Å²) in [6.07, 6.45) is 2.10. The molecule has 15 heteroatoms. The quantitative estimate of drug-likeness (QED) is 0.148. The van der Waals surface area contributed by atoms with E-state index in [1.807, 2.05) is 69.3 Å². The fraction of sp³-hybridized carbons (Fsp3) is 0.488. The highest BCUT2D eigenvalue weighted by Crippen LogP contribution is 2.48. The number of likely N-dealkylation sites (tertiary alicyclic amines) is 2. The van der Waals surface area contributed by atoms with Gasteiger partial charge in [0.1, 0.15) is 29.2 Å². The van der Waals surface area contributed by atoms with Crippen molar-refractivity contribution >= 4 is 57.4 Å². The maximum absolute atomic E-state index is 14.8. The van der Waals surface area contributed by atoms with E-state index in [9.17, 15) is 27.9 Å². The lowest BCUT2D eigenvalue weighted by atomic mass is 9.77. The number of carbonyl (C=O) groups excluding carboxylic acids is 4. The van der Waals surface area contributed by atoms with E-state index in [2.05, 4.69) is 11.9 Å². The van der Waals surface area contributed by atoms with Crippen LogP contribution in [-0.2, 0) is 30.4 Å². The lowest BCUT2D eigenvalue weighted by Gasteiger charge is -2.39. The fourth-order valence-corrected chi connectivity index (χ4v) is 8.87. The third-order valence-corrected chi connectivity index (χ3v) is 12.4. The predicted octanol–water partition coefficient (Wildman–Crippen LogP) is 4.61. The second-order valence-electron chi connectivity index (χ2n) is 16.3. The van der Waals surface area contributed by atoms with Gasteiger partial charge in [-0.3, -0.25) is 27.7 Å². The van der Waals surface area contributed by atoms with Gasteiger partial charge in [0.15, 0.2) is 0 Å². The first-order chi connectivity index (χ1) is 26.6. The number of nitrogens with one attached hydrogen (secondary N) is 1. The molecule has 13 nitrogen and oxygen atoms in total. The summed E-state index contributed by atoms with van der Waals surface area (Å²) in [7, 11) is 1.58. The highest BCUT2D eigenvalue weighted by molar-refractivity contribution is 7.77. The maximum atomic E-state index is 14.8. The van der Waals surface area contributed by atoms with Gasteiger partial charge in [0.05, 0.1) is 47.4 Å². The van der Waals surface area contributed by atoms with Gasteiger partial charge in [0.25, 0.3) is 5.91 Å². The monoisotopic (exact) mass is 804 g/mol. The molecule has 1 N–H and O–H groups in total. The van der Waals surface area contributed by atoms with E-state index in [1.165, 1.54) is 11.0 Å². The van der Waals surface area contributed by atoms with E-state index in [4.69, 9.17) is 26.1 Å². The number of fused-ring (bicyclic) bond motifs is 1. The number of aromatic nitrogens is 1. The summed E-state index contributed by atoms with van der Waals surface area (Å²) >= 11 is 3.33. The van der Waals surface area contributed by atoms with Crippen molar-refractivity contribution in [2.45, 2.75) is 82.0 Å². The molecule has 7 rings (SSSR count). The molecule has 1 aromatic heterocycles. The van der Waals surface area contributed by atoms with E-state index >= 15 is 0 Å². The van der Waals surface area contributed by atoms with Crippen molar-refractivity contribution in [3.05, 3.63) is 67.3 Å². The minimum atomic E-state index is -2.83. The minimum absolute atomic E-state index is 0.0103. The number of amides is 4. The van der Waals surface area contributed by atoms with E-state index < -0.39 is 70.0 Å². The van der Waals surface area contributed by atoms with E-state index in [1.54, 1.807) is 18.1 Å². The maximum Gasteiger partial charge on any atom is 0.260 e. The number of halogens is 1. The number of alkyl halides is 1. The normalized spacial score (nSPS) is 24.5. The SMILES string of the molecule is C=CC1C[C@]1(NC(=O)[C@@H]1C[C@@H](Oc2cc(-c3ccccc3)nc3cc(OC)ccc23)CN1C(=O)[C@@H](CC(=O)N1CC(Cl)C1)C(C)(C)C)C(=O)N(C1CC1)S(=O)[O-]. The number of carbonyl (C=O) groups is 4. The molecule has 2 aromatic carbocycles. The Morgan fingerprint density at radius 1 is 1.12 bits per heavy atom. The van der Waals surface area contributed by atoms with Gasteiger partial charge in [0.2, 0.25) is 17.7 Å². The van der Waals surface area contributed by atoms with Gasteiger partial charge >= 0.3 is 0 Å². The molecule has 2 aliphatic carbocycles. The summed E-state index contributed by atoms with van der Waals surface area (Å²) in [5.41, 5.74) is -0.0576. The second-order valence-corrected chi connectivity index (χ2v) is 17.8. The van der Waals surface area contributed by atoms with Crippen LogP contribution in [0.3, 0.4) is 0 Å². The Balaban J connectivity index is 1.22. The number of nitrogens with zero attached hydrogens (tertiary/aromatic N) is 4. The molecule has 0 bridgehead atoms. The third-order valence-electron chi connectivity index (χ3n) is 11.4. The average molecular weight is 805 g/mol. The van der Waals surface area contributed by atoms with Crippen molar-refractivity contribution in [3.8, 4) is 22.8 Å². The molecule has 3 aromatic rings. The molecule has 4 fully saturated rings. The first-order valence-corrected chi connectivity index (χ1v) is 20.4. The molecule has 4 amide bonds. The van der Waals surface area contributed by atoms with Gasteiger partial charge in [-0.25, -0.2) is 4.98 Å². The summed E-state index contributed by atoms with van der Waals surface area (Å²) in [6, 6.07) is 15.4. The standard InChI is InChI=1S/C41H48ClN5O8S/c1-6-25-20-41(25,39(51)47(56(52)53)27-12-13-27)44-37(49)34-17-29(23-46(34)38(50)31(40(2,3)4)18-36(48)45-21-26(42)22-45)55-35-19-32(24-10-8-7-9-11-24)43-33-16-28(54-5)14-15-30(33)35/h6-11,14-16,19,25-27,29,31,34H,1,12-13,17-18,20-23H2,2-5H3,(H,44,49)(H,52,53)/p-1/t25?,29-,31-,34+,41-/m1/s1. The van der Waals surface area contributed by atoms with Crippen LogP contribution in [-0.4, -0.2) is 107 Å². The van der Waals surface area contributed by atoms with Crippen LogP contribution in [0.15, 0.2) is 67.3 Å². The molecule has 3 heterocycles. The first kappa shape index (κ1) is 39.7. The summed E-state index contributed by atoms with van der Waals surface area (Å²) in [6.45, 7) is 10.3. The largest absolute Gasteiger partial charge is 0.755 e. The molecule has 298 valence electrons. The van der Waals surface area contributed by atoms with Gasteiger partial charge in [-0.15, -0.1) is 18.2 Å². The molecule has 56 heavy (non-hydrogen) atoms. The smallest absolute Gasteiger partial charge is 0.260 e. The van der Waals surface area contributed by atoms with Crippen molar-refractivity contribution in [1.82, 2.24) is 24.4 Å². The number of hydrogen-bond donors (Lipinski definition) is 1. The Hall–Kier alpha value is -4.53. The van der Waals surface area contributed by atoms with Gasteiger partial charge in [-0.2, -0.15) is 0 Å². The molecule has 2 unspecified atom stereocenters. The number of benzene rings is 2. The fourth-order valence-electron chi connectivity index (χ4n) is 7.79. The Morgan fingerprint density at radius 3 is 2.43 bits per heavy atom. The number of methoxy groups -OCH3 is 1. The van der Waals surface area contributed by atoms with Crippen LogP contribution in [0.2, 0.25) is 0 Å². The van der Waals surface area contributed by atoms with E-state index in [-0.39, 0.29) is 37.1 Å². The van der Waals surface area contributed by atoms with Crippen LogP contribution in [0, 0.1) is 17.3 Å². The number of ether oxygens (including phenoxy) is 2. The van der Waals surface area contributed by atoms with Crippen molar-refractivity contribution < 1.29 is 37.4 Å². The zero-order chi connectivity index (χ0) is 40.1. The average Bonchev–Trinajstić information content (AvgIpc) is 4.08. The molecule has 2 saturated carbocycles. The van der Waals surface area contributed by atoms with Crippen LogP contribution >= 0.6 is 11.6 Å². The molecule has 2 saturated heterocycles. The molecule has 4 aliphatic rings. The summed E-state index contributed by atoms with van der Waals surface area (Å²) in [5.74, 6) is -2.13. The summed E-state index contributed by atoms with van der Waals surface area (Å²) < 4.78 is 37.5. The molecule has 6 atom stereocenters. The first-order valence-electron chi connectivity index (χ1n) is 18.9. The Morgan fingerprint density at radius 2 is 1.84 bits per heavy atom. The number of pyridine rings is 1. The third kappa shape index (κ3) is 7.88. The van der Waals surface area contributed by atoms with Crippen LogP contribution in [0.1, 0.15) is 52.9 Å². The molecular weight excluding hydrogens is 758 g/mol. The highest BCUT2D eigenvalue weighted by atomic mass is 35.5. The predicted molar refractivity (Wildman–Crippen MR) is 210 cm³/mol. The van der Waals surface area contributed by atoms with E-state index in [0.29, 0.717) is 54.0 Å². The number of hydrogen-bond acceptors (Lipinski definition) is 9. The van der Waals surface area contributed by atoms with Crippen LogP contribution < -0.4 is 14.8 Å². The van der Waals surface area contributed by atoms with Crippen LogP contribution in [0.4, 0.5) is 0 Å². The lowest BCUT2D eigenvalue weighted by Crippen LogP contribution is -2.58. The van der Waals surface area contributed by atoms with Crippen LogP contribution in [0.5, 0.6) is 11.5 Å². The zero-order valence-corrected chi connectivity index (χ0v) is 33.5. The molecule has 0 radical (unpaired) electrons. The molecular formula is C41H47ClN5O8S-. The van der Waals surface area contributed by atoms with E-state index in [0.717, 1.165) is 9.87 Å². The Labute approximate surface area is 334 Å². The van der Waals surface area contributed by atoms with Gasteiger partial charge < -0.3 is 29.1 Å². The topological polar surface area (TPSA) is 162 Å². The molecule has 2 aliphatic heterocycles. The zero-order valence-electron chi connectivity index (χ0n) is 31.9. The summed E-state index contributed by atoms with van der Waals surface area (Å²) in [5, 5.41) is 3.46. The van der Waals surface area contributed by atoms with Crippen LogP contribution in [0.25, 0.3) is 22.2 Å². The van der Waals surface area contributed by atoms with Gasteiger partial charge in [0, 0.05) is 61.0 Å². The Kier molecular flexibility index (Phi) is 10.9. The highest BCUT2D eigenvalue weighted by Gasteiger charge is 2.63. The van der Waals surface area contributed by atoms with Gasteiger partial charge in [-0.1, -0.05) is 57.2 Å². The van der Waals surface area contributed by atoms with Crippen molar-refractivity contribution in [2.24, 2.45) is 17.3 Å². The Bertz CT molecular complexity index is 2070. The lowest BCUT2D eigenvalue weighted by molar-refractivity contribution is -0.149.